The van der Waals surface area contributed by atoms with E-state index in [0.717, 1.165) is 9.79 Å². The van der Waals surface area contributed by atoms with E-state index in [-0.39, 0.29) is 11.6 Å². The van der Waals surface area contributed by atoms with E-state index in [1.54, 1.807) is 42.5 Å². The standard InChI is InChI=1S/C20H12ClNO2S/c21-11-7-9-12(10-8-11)25-16-6-2-4-14-18(16)20(24)13-3-1-5-15(22)17(13)19(14)23/h1-10H,22H2. The highest BCUT2D eigenvalue weighted by Gasteiger charge is 2.33. The van der Waals surface area contributed by atoms with E-state index in [2.05, 4.69) is 0 Å². The van der Waals surface area contributed by atoms with Gasteiger partial charge < -0.3 is 5.73 Å². The Balaban J connectivity index is 1.85. The quantitative estimate of drug-likeness (QED) is 0.516. The summed E-state index contributed by atoms with van der Waals surface area (Å²) in [4.78, 5) is 27.6. The minimum absolute atomic E-state index is 0.172. The van der Waals surface area contributed by atoms with Crippen molar-refractivity contribution in [1.29, 1.82) is 0 Å². The van der Waals surface area contributed by atoms with Crippen molar-refractivity contribution in [1.82, 2.24) is 0 Å². The van der Waals surface area contributed by atoms with E-state index >= 15 is 0 Å². The van der Waals surface area contributed by atoms with E-state index in [0.29, 0.717) is 33.0 Å². The minimum Gasteiger partial charge on any atom is -0.398 e. The second-order valence-electron chi connectivity index (χ2n) is 5.66. The number of nitrogen functional groups attached to an aromatic ring is 1. The highest BCUT2D eigenvalue weighted by Crippen LogP contribution is 2.38. The van der Waals surface area contributed by atoms with Crippen molar-refractivity contribution in [2.75, 3.05) is 5.73 Å². The van der Waals surface area contributed by atoms with Crippen molar-refractivity contribution in [3.8, 4) is 0 Å². The Hall–Kier alpha value is -2.56. The maximum atomic E-state index is 13.0. The summed E-state index contributed by atoms with van der Waals surface area (Å²) >= 11 is 7.36. The van der Waals surface area contributed by atoms with Gasteiger partial charge in [-0.2, -0.15) is 0 Å². The average molecular weight is 366 g/mol. The number of anilines is 1. The van der Waals surface area contributed by atoms with Gasteiger partial charge in [0.25, 0.3) is 0 Å². The SMILES string of the molecule is Nc1cccc2c1C(=O)c1cccc(Sc3ccc(Cl)cc3)c1C2=O. The second-order valence-corrected chi connectivity index (χ2v) is 7.21. The van der Waals surface area contributed by atoms with Crippen LogP contribution in [0, 0.1) is 0 Å². The maximum Gasteiger partial charge on any atom is 0.196 e. The number of hydrogen-bond donors (Lipinski definition) is 1. The van der Waals surface area contributed by atoms with E-state index in [1.807, 2.05) is 18.2 Å². The summed E-state index contributed by atoms with van der Waals surface area (Å²) in [6.07, 6.45) is 0. The lowest BCUT2D eigenvalue weighted by Gasteiger charge is -2.21. The molecule has 3 nitrogen and oxygen atoms in total. The average Bonchev–Trinajstić information content (AvgIpc) is 2.61. The van der Waals surface area contributed by atoms with Gasteiger partial charge >= 0.3 is 0 Å². The molecule has 2 N–H and O–H groups in total. The number of halogens is 1. The van der Waals surface area contributed by atoms with Crippen molar-refractivity contribution in [3.63, 3.8) is 0 Å². The van der Waals surface area contributed by atoms with Gasteiger partial charge in [-0.1, -0.05) is 47.6 Å². The number of ketones is 2. The molecule has 1 aliphatic rings. The molecule has 0 atom stereocenters. The molecule has 3 aromatic rings. The molecule has 0 bridgehead atoms. The molecule has 122 valence electrons. The Morgan fingerprint density at radius 3 is 2.08 bits per heavy atom. The highest BCUT2D eigenvalue weighted by atomic mass is 35.5. The van der Waals surface area contributed by atoms with Crippen LogP contribution in [0.4, 0.5) is 5.69 Å². The number of fused-ring (bicyclic) bond motifs is 2. The summed E-state index contributed by atoms with van der Waals surface area (Å²) in [5.74, 6) is -0.379. The molecule has 0 heterocycles. The van der Waals surface area contributed by atoms with Crippen molar-refractivity contribution < 1.29 is 9.59 Å². The lowest BCUT2D eigenvalue weighted by molar-refractivity contribution is 0.0977. The molecule has 0 spiro atoms. The lowest BCUT2D eigenvalue weighted by Crippen LogP contribution is -2.23. The minimum atomic E-state index is -0.207. The van der Waals surface area contributed by atoms with E-state index in [4.69, 9.17) is 17.3 Å². The number of carbonyl (C=O) groups is 2. The molecule has 0 unspecified atom stereocenters. The van der Waals surface area contributed by atoms with Gasteiger partial charge in [-0.25, -0.2) is 0 Å². The fourth-order valence-electron chi connectivity index (χ4n) is 2.95. The fourth-order valence-corrected chi connectivity index (χ4v) is 4.05. The number of hydrogen-bond acceptors (Lipinski definition) is 4. The molecule has 25 heavy (non-hydrogen) atoms. The highest BCUT2D eigenvalue weighted by molar-refractivity contribution is 7.99. The van der Waals surface area contributed by atoms with Gasteiger partial charge in [0, 0.05) is 37.2 Å². The predicted octanol–water partition coefficient (Wildman–Crippen LogP) is 4.85. The van der Waals surface area contributed by atoms with Crippen LogP contribution in [0.1, 0.15) is 31.8 Å². The van der Waals surface area contributed by atoms with Gasteiger partial charge in [-0.15, -0.1) is 0 Å². The van der Waals surface area contributed by atoms with E-state index in [1.165, 1.54) is 11.8 Å². The zero-order chi connectivity index (χ0) is 17.6. The topological polar surface area (TPSA) is 60.2 Å². The zero-order valence-electron chi connectivity index (χ0n) is 13.0. The monoisotopic (exact) mass is 365 g/mol. The Labute approximate surface area is 153 Å². The molecular weight excluding hydrogens is 354 g/mol. The van der Waals surface area contributed by atoms with Gasteiger partial charge in [-0.05, 0) is 36.4 Å². The Morgan fingerprint density at radius 1 is 0.760 bits per heavy atom. The van der Waals surface area contributed by atoms with Crippen LogP contribution >= 0.6 is 23.4 Å². The van der Waals surface area contributed by atoms with Crippen molar-refractivity contribution >= 4 is 40.6 Å². The number of nitrogens with two attached hydrogens (primary N) is 1. The molecule has 0 aromatic heterocycles. The van der Waals surface area contributed by atoms with Gasteiger partial charge in [0.05, 0.1) is 5.56 Å². The third-order valence-electron chi connectivity index (χ3n) is 4.11. The van der Waals surface area contributed by atoms with Crippen LogP contribution in [-0.2, 0) is 0 Å². The summed E-state index contributed by atoms with van der Waals surface area (Å²) in [6.45, 7) is 0. The Kier molecular flexibility index (Phi) is 3.86. The van der Waals surface area contributed by atoms with E-state index < -0.39 is 0 Å². The largest absolute Gasteiger partial charge is 0.398 e. The van der Waals surface area contributed by atoms with Crippen molar-refractivity contribution in [2.24, 2.45) is 0 Å². The molecule has 4 rings (SSSR count). The normalized spacial score (nSPS) is 12.7. The smallest absolute Gasteiger partial charge is 0.196 e. The molecular formula is C20H12ClNO2S. The molecule has 5 heteroatoms. The van der Waals surface area contributed by atoms with Crippen LogP contribution < -0.4 is 5.73 Å². The maximum absolute atomic E-state index is 13.0. The molecule has 0 aliphatic heterocycles. The molecule has 3 aromatic carbocycles. The lowest BCUT2D eigenvalue weighted by atomic mass is 9.83. The summed E-state index contributed by atoms with van der Waals surface area (Å²) in [6, 6.07) is 17.6. The first-order valence-electron chi connectivity index (χ1n) is 7.60. The molecule has 0 fully saturated rings. The number of rotatable bonds is 2. The van der Waals surface area contributed by atoms with Crippen LogP contribution in [-0.4, -0.2) is 11.6 Å². The summed E-state index contributed by atoms with van der Waals surface area (Å²) in [5.41, 5.74) is 7.76. The van der Waals surface area contributed by atoms with Crippen LogP contribution in [0.15, 0.2) is 70.5 Å². The Morgan fingerprint density at radius 2 is 1.36 bits per heavy atom. The number of benzene rings is 3. The van der Waals surface area contributed by atoms with E-state index in [9.17, 15) is 9.59 Å². The third kappa shape index (κ3) is 2.64. The van der Waals surface area contributed by atoms with Gasteiger partial charge in [0.15, 0.2) is 11.6 Å². The summed E-state index contributed by atoms with van der Waals surface area (Å²) in [7, 11) is 0. The molecule has 0 saturated carbocycles. The number of carbonyl (C=O) groups excluding carboxylic acids is 2. The second kappa shape index (κ2) is 6.06. The first-order valence-corrected chi connectivity index (χ1v) is 8.80. The predicted molar refractivity (Wildman–Crippen MR) is 99.7 cm³/mol. The van der Waals surface area contributed by atoms with Gasteiger partial charge in [0.1, 0.15) is 0 Å². The van der Waals surface area contributed by atoms with Crippen LogP contribution in [0.25, 0.3) is 0 Å². The molecule has 0 radical (unpaired) electrons. The first-order chi connectivity index (χ1) is 12.1. The fraction of sp³-hybridized carbons (Fsp3) is 0. The third-order valence-corrected chi connectivity index (χ3v) is 5.43. The van der Waals surface area contributed by atoms with Gasteiger partial charge in [-0.3, -0.25) is 9.59 Å². The summed E-state index contributed by atoms with van der Waals surface area (Å²) in [5, 5.41) is 0.648. The van der Waals surface area contributed by atoms with Crippen LogP contribution in [0.5, 0.6) is 0 Å². The first kappa shape index (κ1) is 15.9. The zero-order valence-corrected chi connectivity index (χ0v) is 14.5. The molecule has 0 amide bonds. The molecule has 1 aliphatic carbocycles. The van der Waals surface area contributed by atoms with Crippen LogP contribution in [0.3, 0.4) is 0 Å². The van der Waals surface area contributed by atoms with Crippen molar-refractivity contribution in [2.45, 2.75) is 9.79 Å². The van der Waals surface area contributed by atoms with Crippen LogP contribution in [0.2, 0.25) is 5.02 Å². The van der Waals surface area contributed by atoms with Crippen molar-refractivity contribution in [3.05, 3.63) is 87.9 Å². The van der Waals surface area contributed by atoms with Gasteiger partial charge in [0.2, 0.25) is 0 Å². The Bertz CT molecular complexity index is 1030. The molecule has 0 saturated heterocycles. The summed E-state index contributed by atoms with van der Waals surface area (Å²) < 4.78 is 0.